The first kappa shape index (κ1) is 18.1. The van der Waals surface area contributed by atoms with E-state index in [2.05, 4.69) is 17.7 Å². The fourth-order valence-electron chi connectivity index (χ4n) is 2.04. The zero-order chi connectivity index (χ0) is 15.6. The van der Waals surface area contributed by atoms with Crippen LogP contribution in [0.1, 0.15) is 52.4 Å². The Balaban J connectivity index is 2.30. The number of hydroxylamine groups is 1. The summed E-state index contributed by atoms with van der Waals surface area (Å²) >= 11 is 0. The molecule has 122 valence electrons. The van der Waals surface area contributed by atoms with Gasteiger partial charge in [-0.15, -0.1) is 0 Å². The van der Waals surface area contributed by atoms with Crippen molar-refractivity contribution in [2.75, 3.05) is 19.7 Å². The Labute approximate surface area is 126 Å². The van der Waals surface area contributed by atoms with Crippen LogP contribution < -0.4 is 10.8 Å². The highest BCUT2D eigenvalue weighted by molar-refractivity contribution is 5.95. The Kier molecular flexibility index (Phi) is 8.49. The van der Waals surface area contributed by atoms with E-state index in [1.54, 1.807) is 6.92 Å². The van der Waals surface area contributed by atoms with Crippen LogP contribution in [0.25, 0.3) is 0 Å². The highest BCUT2D eigenvalue weighted by atomic mass is 16.8. The third kappa shape index (κ3) is 6.54. The average molecular weight is 300 g/mol. The van der Waals surface area contributed by atoms with Gasteiger partial charge in [0.2, 0.25) is 0 Å². The summed E-state index contributed by atoms with van der Waals surface area (Å²) in [6, 6.07) is 0. The van der Waals surface area contributed by atoms with E-state index in [-0.39, 0.29) is 0 Å². The molecular weight excluding hydrogens is 272 g/mol. The summed E-state index contributed by atoms with van der Waals surface area (Å²) in [6.07, 6.45) is 5.74. The zero-order valence-electron chi connectivity index (χ0n) is 13.2. The number of hydrogen-bond acceptors (Lipinski definition) is 5. The van der Waals surface area contributed by atoms with E-state index >= 15 is 0 Å². The first-order valence-corrected chi connectivity index (χ1v) is 7.87. The first-order valence-electron chi connectivity index (χ1n) is 7.87. The van der Waals surface area contributed by atoms with E-state index in [1.807, 2.05) is 0 Å². The minimum Gasteiger partial charge on any atom is -0.350 e. The number of carbonyl (C=O) groups is 2. The summed E-state index contributed by atoms with van der Waals surface area (Å²) in [7, 11) is 0. The minimum absolute atomic E-state index is 0.402. The molecule has 0 aliphatic carbocycles. The number of aldehydes is 1. The molecule has 2 unspecified atom stereocenters. The highest BCUT2D eigenvalue weighted by Gasteiger charge is 2.33. The lowest BCUT2D eigenvalue weighted by Crippen LogP contribution is -2.44. The van der Waals surface area contributed by atoms with Crippen molar-refractivity contribution in [1.82, 2.24) is 10.8 Å². The molecule has 2 N–H and O–H groups in total. The van der Waals surface area contributed by atoms with Crippen molar-refractivity contribution in [2.45, 2.75) is 58.7 Å². The maximum atomic E-state index is 12.1. The molecule has 1 amide bonds. The molecule has 0 radical (unpaired) electrons. The maximum Gasteiger partial charge on any atom is 0.256 e. The van der Waals surface area contributed by atoms with Gasteiger partial charge in [0.15, 0.2) is 6.29 Å². The van der Waals surface area contributed by atoms with Gasteiger partial charge in [0, 0.05) is 13.0 Å². The van der Waals surface area contributed by atoms with Crippen LogP contribution in [0.2, 0.25) is 0 Å². The summed E-state index contributed by atoms with van der Waals surface area (Å²) in [4.78, 5) is 28.6. The van der Waals surface area contributed by atoms with Gasteiger partial charge in [0.05, 0.1) is 0 Å². The summed E-state index contributed by atoms with van der Waals surface area (Å²) in [6.45, 7) is 5.92. The van der Waals surface area contributed by atoms with Crippen molar-refractivity contribution in [3.63, 3.8) is 0 Å². The van der Waals surface area contributed by atoms with E-state index in [0.29, 0.717) is 25.9 Å². The Morgan fingerprint density at radius 1 is 1.43 bits per heavy atom. The van der Waals surface area contributed by atoms with Gasteiger partial charge >= 0.3 is 0 Å². The standard InChI is InChI=1S/C15H28N2O4/c1-3-4-9-16-10-8-15(2,12-18)14(19)17-21-13-7-5-6-11-20-13/h12-13,16H,3-11H2,1-2H3,(H,17,19). The number of carbonyl (C=O) groups excluding carboxylic acids is 2. The lowest BCUT2D eigenvalue weighted by atomic mass is 9.88. The van der Waals surface area contributed by atoms with E-state index < -0.39 is 17.6 Å². The molecule has 21 heavy (non-hydrogen) atoms. The average Bonchev–Trinajstić information content (AvgIpc) is 2.53. The zero-order valence-corrected chi connectivity index (χ0v) is 13.2. The lowest BCUT2D eigenvalue weighted by Gasteiger charge is -2.26. The predicted octanol–water partition coefficient (Wildman–Crippen LogP) is 1.55. The van der Waals surface area contributed by atoms with Crippen molar-refractivity contribution < 1.29 is 19.2 Å². The molecule has 1 fully saturated rings. The molecular formula is C15H28N2O4. The maximum absolute atomic E-state index is 12.1. The summed E-state index contributed by atoms with van der Waals surface area (Å²) in [5, 5.41) is 3.23. The van der Waals surface area contributed by atoms with E-state index in [9.17, 15) is 9.59 Å². The van der Waals surface area contributed by atoms with Crippen LogP contribution in [0.3, 0.4) is 0 Å². The van der Waals surface area contributed by atoms with E-state index in [0.717, 1.165) is 38.6 Å². The molecule has 0 bridgehead atoms. The van der Waals surface area contributed by atoms with Crippen LogP contribution in [-0.2, 0) is 19.2 Å². The molecule has 0 aromatic carbocycles. The van der Waals surface area contributed by atoms with Crippen LogP contribution in [-0.4, -0.2) is 38.2 Å². The minimum atomic E-state index is -1.08. The Morgan fingerprint density at radius 3 is 2.86 bits per heavy atom. The molecule has 0 spiro atoms. The van der Waals surface area contributed by atoms with Crippen LogP contribution >= 0.6 is 0 Å². The van der Waals surface area contributed by atoms with Crippen molar-refractivity contribution in [1.29, 1.82) is 0 Å². The molecule has 0 aromatic rings. The lowest BCUT2D eigenvalue weighted by molar-refractivity contribution is -0.204. The third-order valence-electron chi connectivity index (χ3n) is 3.73. The molecule has 1 aliphatic heterocycles. The van der Waals surface area contributed by atoms with Gasteiger partial charge in [-0.25, -0.2) is 10.3 Å². The number of unbranched alkanes of at least 4 members (excludes halogenated alkanes) is 1. The first-order chi connectivity index (χ1) is 10.1. The number of amides is 1. The second-order valence-corrected chi connectivity index (χ2v) is 5.73. The Hall–Kier alpha value is -0.980. The van der Waals surface area contributed by atoms with Gasteiger partial charge in [-0.1, -0.05) is 13.3 Å². The second-order valence-electron chi connectivity index (χ2n) is 5.73. The molecule has 1 heterocycles. The number of nitrogens with one attached hydrogen (secondary N) is 2. The Bertz CT molecular complexity index is 319. The monoisotopic (exact) mass is 300 g/mol. The quantitative estimate of drug-likeness (QED) is 0.277. The van der Waals surface area contributed by atoms with Gasteiger partial charge in [0.1, 0.15) is 11.7 Å². The van der Waals surface area contributed by atoms with Gasteiger partial charge in [-0.05, 0) is 45.7 Å². The van der Waals surface area contributed by atoms with Gasteiger partial charge in [-0.3, -0.25) is 4.79 Å². The summed E-state index contributed by atoms with van der Waals surface area (Å²) in [5.74, 6) is -0.413. The fraction of sp³-hybridized carbons (Fsp3) is 0.867. The number of ether oxygens (including phenoxy) is 1. The van der Waals surface area contributed by atoms with Crippen LogP contribution in [0.15, 0.2) is 0 Å². The van der Waals surface area contributed by atoms with Crippen LogP contribution in [0, 0.1) is 5.41 Å². The number of rotatable bonds is 10. The van der Waals surface area contributed by atoms with Crippen molar-refractivity contribution in [3.05, 3.63) is 0 Å². The smallest absolute Gasteiger partial charge is 0.256 e. The molecule has 6 nitrogen and oxygen atoms in total. The topological polar surface area (TPSA) is 76.7 Å². The van der Waals surface area contributed by atoms with Crippen molar-refractivity contribution in [2.24, 2.45) is 5.41 Å². The fourth-order valence-corrected chi connectivity index (χ4v) is 2.04. The molecule has 1 rings (SSSR count). The molecule has 1 saturated heterocycles. The molecule has 6 heteroatoms. The third-order valence-corrected chi connectivity index (χ3v) is 3.73. The van der Waals surface area contributed by atoms with Crippen molar-refractivity contribution >= 4 is 12.2 Å². The van der Waals surface area contributed by atoms with Crippen LogP contribution in [0.4, 0.5) is 0 Å². The second kappa shape index (κ2) is 9.87. The van der Waals surface area contributed by atoms with Gasteiger partial charge in [-0.2, -0.15) is 0 Å². The molecule has 2 atom stereocenters. The molecule has 0 saturated carbocycles. The van der Waals surface area contributed by atoms with E-state index in [1.165, 1.54) is 0 Å². The Morgan fingerprint density at radius 2 is 2.24 bits per heavy atom. The summed E-state index contributed by atoms with van der Waals surface area (Å²) < 4.78 is 5.36. The van der Waals surface area contributed by atoms with E-state index in [4.69, 9.17) is 9.57 Å². The number of hydrogen-bond donors (Lipinski definition) is 2. The molecule has 1 aliphatic rings. The largest absolute Gasteiger partial charge is 0.350 e. The summed E-state index contributed by atoms with van der Waals surface area (Å²) in [5.41, 5.74) is 1.30. The van der Waals surface area contributed by atoms with Crippen molar-refractivity contribution in [3.8, 4) is 0 Å². The predicted molar refractivity (Wildman–Crippen MR) is 79.4 cm³/mol. The SMILES string of the molecule is CCCCNCCC(C)(C=O)C(=O)NOC1CCCCO1. The molecule has 0 aromatic heterocycles. The highest BCUT2D eigenvalue weighted by Crippen LogP contribution is 2.19. The normalized spacial score (nSPS) is 21.5. The van der Waals surface area contributed by atoms with Gasteiger partial charge < -0.3 is 14.8 Å². The van der Waals surface area contributed by atoms with Crippen LogP contribution in [0.5, 0.6) is 0 Å². The van der Waals surface area contributed by atoms with Gasteiger partial charge in [0.25, 0.3) is 5.91 Å².